The third-order valence-corrected chi connectivity index (χ3v) is 4.54. The number of alkyl halides is 1. The van der Waals surface area contributed by atoms with Gasteiger partial charge < -0.3 is 14.8 Å². The molecular formula is C18H16BrNO5. The Morgan fingerprint density at radius 2 is 1.92 bits per heavy atom. The lowest BCUT2D eigenvalue weighted by molar-refractivity contribution is -0.128. The number of carbonyl (C=O) groups excluding carboxylic acids is 3. The number of ketones is 2. The molecule has 0 bridgehead atoms. The molecule has 7 heteroatoms. The number of hydrogen-bond acceptors (Lipinski definition) is 5. The van der Waals surface area contributed by atoms with Crippen LogP contribution in [0.2, 0.25) is 0 Å². The van der Waals surface area contributed by atoms with Crippen molar-refractivity contribution in [2.24, 2.45) is 0 Å². The van der Waals surface area contributed by atoms with Gasteiger partial charge in [-0.2, -0.15) is 0 Å². The zero-order valence-corrected chi connectivity index (χ0v) is 15.1. The van der Waals surface area contributed by atoms with Gasteiger partial charge in [-0.3, -0.25) is 14.4 Å². The molecule has 2 aliphatic rings. The number of hydrogen-bond donors (Lipinski definition) is 1. The second kappa shape index (κ2) is 7.33. The summed E-state index contributed by atoms with van der Waals surface area (Å²) in [5.41, 5.74) is 0.907. The van der Waals surface area contributed by atoms with Gasteiger partial charge in [0, 0.05) is 35.7 Å². The summed E-state index contributed by atoms with van der Waals surface area (Å²) in [6, 6.07) is 6.58. The van der Waals surface area contributed by atoms with Gasteiger partial charge >= 0.3 is 0 Å². The van der Waals surface area contributed by atoms with Crippen molar-refractivity contribution < 1.29 is 23.9 Å². The highest BCUT2D eigenvalue weighted by atomic mass is 79.9. The molecule has 3 rings (SSSR count). The number of allylic oxidation sites excluding steroid dienone is 2. The van der Waals surface area contributed by atoms with E-state index in [1.807, 2.05) is 0 Å². The number of benzene rings is 1. The maximum Gasteiger partial charge on any atom is 0.286 e. The summed E-state index contributed by atoms with van der Waals surface area (Å²) in [7, 11) is 1.36. The van der Waals surface area contributed by atoms with Crippen LogP contribution in [-0.4, -0.2) is 42.7 Å². The van der Waals surface area contributed by atoms with Crippen LogP contribution >= 0.6 is 15.9 Å². The van der Waals surface area contributed by atoms with Crippen LogP contribution in [-0.2, 0) is 14.3 Å². The molecule has 0 saturated heterocycles. The van der Waals surface area contributed by atoms with Crippen LogP contribution in [0.15, 0.2) is 47.2 Å². The first kappa shape index (κ1) is 17.6. The quantitative estimate of drug-likeness (QED) is 0.599. The molecule has 1 aromatic rings. The van der Waals surface area contributed by atoms with Crippen molar-refractivity contribution in [2.75, 3.05) is 19.0 Å². The first-order valence-electron chi connectivity index (χ1n) is 7.76. The summed E-state index contributed by atoms with van der Waals surface area (Å²) in [6.45, 7) is 0.462. The van der Waals surface area contributed by atoms with Gasteiger partial charge in [-0.05, 0) is 12.5 Å². The number of carbonyl (C=O) groups is 3. The van der Waals surface area contributed by atoms with Gasteiger partial charge in [0.05, 0.1) is 5.57 Å². The maximum atomic E-state index is 12.8. The topological polar surface area (TPSA) is 81.7 Å². The van der Waals surface area contributed by atoms with Crippen molar-refractivity contribution in [1.82, 2.24) is 5.32 Å². The number of fused-ring (bicyclic) bond motifs is 1. The molecule has 1 aromatic carbocycles. The standard InChI is InChI=1S/C18H16BrNO5/c1-24-18-14-12(9-13(25-18)17(23)20-8-4-7-19)15(21)10-5-2-3-6-11(10)16(14)22/h2-3,5-6,9,18H,4,7-8H2,1H3,(H,20,23). The van der Waals surface area contributed by atoms with E-state index in [9.17, 15) is 14.4 Å². The molecule has 6 nitrogen and oxygen atoms in total. The second-order valence-corrected chi connectivity index (χ2v) is 6.32. The molecule has 1 N–H and O–H groups in total. The molecule has 0 spiro atoms. The Bertz CT molecular complexity index is 811. The first-order valence-corrected chi connectivity index (χ1v) is 8.88. The lowest BCUT2D eigenvalue weighted by Crippen LogP contribution is -2.37. The Morgan fingerprint density at radius 3 is 2.56 bits per heavy atom. The summed E-state index contributed by atoms with van der Waals surface area (Å²) in [5.74, 6) is -1.14. The van der Waals surface area contributed by atoms with E-state index in [4.69, 9.17) is 9.47 Å². The number of nitrogens with one attached hydrogen (secondary N) is 1. The van der Waals surface area contributed by atoms with Crippen LogP contribution in [0.1, 0.15) is 27.1 Å². The molecule has 130 valence electrons. The Balaban J connectivity index is 1.99. The van der Waals surface area contributed by atoms with Crippen molar-refractivity contribution in [3.05, 3.63) is 58.4 Å². The van der Waals surface area contributed by atoms with Crippen LogP contribution in [0.5, 0.6) is 0 Å². The molecule has 1 atom stereocenters. The molecule has 0 fully saturated rings. The molecule has 25 heavy (non-hydrogen) atoms. The minimum Gasteiger partial charge on any atom is -0.455 e. The van der Waals surface area contributed by atoms with Gasteiger partial charge in [0.1, 0.15) is 0 Å². The van der Waals surface area contributed by atoms with Gasteiger partial charge in [-0.25, -0.2) is 0 Å². The van der Waals surface area contributed by atoms with Crippen molar-refractivity contribution in [3.8, 4) is 0 Å². The van der Waals surface area contributed by atoms with Crippen LogP contribution < -0.4 is 5.32 Å². The lowest BCUT2D eigenvalue weighted by atomic mass is 9.82. The number of Topliss-reactive ketones (excluding diaryl/α,β-unsaturated/α-hetero) is 2. The Hall–Kier alpha value is -2.25. The van der Waals surface area contributed by atoms with Crippen LogP contribution in [0.25, 0.3) is 0 Å². The normalized spacial score (nSPS) is 19.0. The first-order chi connectivity index (χ1) is 12.1. The molecule has 1 amide bonds. The van der Waals surface area contributed by atoms with E-state index in [0.717, 1.165) is 11.8 Å². The predicted octanol–water partition coefficient (Wildman–Crippen LogP) is 2.15. The fourth-order valence-electron chi connectivity index (χ4n) is 2.77. The molecule has 0 aromatic heterocycles. The zero-order valence-electron chi connectivity index (χ0n) is 13.5. The van der Waals surface area contributed by atoms with Crippen molar-refractivity contribution in [3.63, 3.8) is 0 Å². The summed E-state index contributed by atoms with van der Waals surface area (Å²) in [6.07, 6.45) is 0.984. The summed E-state index contributed by atoms with van der Waals surface area (Å²) >= 11 is 3.28. The number of ether oxygens (including phenoxy) is 2. The van der Waals surface area contributed by atoms with E-state index in [1.165, 1.54) is 13.2 Å². The van der Waals surface area contributed by atoms with Gasteiger partial charge in [-0.15, -0.1) is 0 Å². The van der Waals surface area contributed by atoms with Gasteiger partial charge in [0.15, 0.2) is 17.3 Å². The monoisotopic (exact) mass is 405 g/mol. The Labute approximate surface area is 153 Å². The minimum absolute atomic E-state index is 0.0410. The van der Waals surface area contributed by atoms with E-state index in [0.29, 0.717) is 17.7 Å². The van der Waals surface area contributed by atoms with Crippen molar-refractivity contribution in [2.45, 2.75) is 12.7 Å². The molecule has 0 radical (unpaired) electrons. The minimum atomic E-state index is -1.10. The average molecular weight is 406 g/mol. The molecule has 1 aliphatic heterocycles. The molecule has 0 saturated carbocycles. The van der Waals surface area contributed by atoms with Crippen LogP contribution in [0.4, 0.5) is 0 Å². The zero-order chi connectivity index (χ0) is 18.0. The molecular weight excluding hydrogens is 390 g/mol. The van der Waals surface area contributed by atoms with Crippen LogP contribution in [0, 0.1) is 0 Å². The van der Waals surface area contributed by atoms with Crippen molar-refractivity contribution >= 4 is 33.4 Å². The smallest absolute Gasteiger partial charge is 0.286 e. The number of methoxy groups -OCH3 is 1. The fraction of sp³-hybridized carbons (Fsp3) is 0.278. The molecule has 1 unspecified atom stereocenters. The van der Waals surface area contributed by atoms with E-state index in [2.05, 4.69) is 21.2 Å². The molecule has 1 heterocycles. The maximum absolute atomic E-state index is 12.8. The SMILES string of the molecule is COC1OC(C(=O)NCCCBr)=CC2=C1C(=O)c1ccccc1C2=O. The second-order valence-electron chi connectivity index (χ2n) is 5.52. The van der Waals surface area contributed by atoms with E-state index in [-0.39, 0.29) is 28.5 Å². The molecule has 1 aliphatic carbocycles. The largest absolute Gasteiger partial charge is 0.455 e. The highest BCUT2D eigenvalue weighted by Crippen LogP contribution is 2.34. The van der Waals surface area contributed by atoms with E-state index in [1.54, 1.807) is 24.3 Å². The summed E-state index contributed by atoms with van der Waals surface area (Å²) in [4.78, 5) is 37.8. The van der Waals surface area contributed by atoms with Gasteiger partial charge in [-0.1, -0.05) is 40.2 Å². The Kier molecular flexibility index (Phi) is 5.15. The van der Waals surface area contributed by atoms with Crippen molar-refractivity contribution in [1.29, 1.82) is 0 Å². The summed E-state index contributed by atoms with van der Waals surface area (Å²) < 4.78 is 10.7. The predicted molar refractivity (Wildman–Crippen MR) is 93.5 cm³/mol. The van der Waals surface area contributed by atoms with Crippen LogP contribution in [0.3, 0.4) is 0 Å². The highest BCUT2D eigenvalue weighted by Gasteiger charge is 2.40. The van der Waals surface area contributed by atoms with Gasteiger partial charge in [0.2, 0.25) is 6.29 Å². The van der Waals surface area contributed by atoms with E-state index >= 15 is 0 Å². The summed E-state index contributed by atoms with van der Waals surface area (Å²) in [5, 5.41) is 3.46. The fourth-order valence-corrected chi connectivity index (χ4v) is 3.05. The Morgan fingerprint density at radius 1 is 1.24 bits per heavy atom. The average Bonchev–Trinajstić information content (AvgIpc) is 2.65. The highest BCUT2D eigenvalue weighted by molar-refractivity contribution is 9.09. The van der Waals surface area contributed by atoms with Gasteiger partial charge in [0.25, 0.3) is 5.91 Å². The third kappa shape index (κ3) is 3.17. The number of rotatable bonds is 5. The number of amides is 1. The van der Waals surface area contributed by atoms with E-state index < -0.39 is 12.2 Å². The number of halogens is 1. The lowest BCUT2D eigenvalue weighted by Gasteiger charge is -2.29. The third-order valence-electron chi connectivity index (χ3n) is 3.97.